The Hall–Kier alpha value is -2.05. The highest BCUT2D eigenvalue weighted by molar-refractivity contribution is 5.87. The van der Waals surface area contributed by atoms with Gasteiger partial charge >= 0.3 is 5.97 Å². The zero-order valence-electron chi connectivity index (χ0n) is 15.5. The van der Waals surface area contributed by atoms with Crippen molar-refractivity contribution >= 4 is 12.0 Å². The molecule has 6 nitrogen and oxygen atoms in total. The van der Waals surface area contributed by atoms with Crippen molar-refractivity contribution in [3.05, 3.63) is 29.8 Å². The van der Waals surface area contributed by atoms with Crippen LogP contribution in [0.1, 0.15) is 33.3 Å². The van der Waals surface area contributed by atoms with Gasteiger partial charge in [-0.3, -0.25) is 0 Å². The first-order valence-electron chi connectivity index (χ1n) is 8.62. The van der Waals surface area contributed by atoms with Crippen molar-refractivity contribution in [3.8, 4) is 11.5 Å². The highest BCUT2D eigenvalue weighted by Crippen LogP contribution is 2.29. The summed E-state index contributed by atoms with van der Waals surface area (Å²) in [6.45, 7) is 9.13. The molecule has 140 valence electrons. The number of carbonyl (C=O) groups excluding carboxylic acids is 1. The molecule has 2 N–H and O–H groups in total. The third kappa shape index (κ3) is 8.56. The van der Waals surface area contributed by atoms with E-state index in [9.17, 15) is 9.90 Å². The van der Waals surface area contributed by atoms with Crippen molar-refractivity contribution in [2.75, 3.05) is 26.4 Å². The lowest BCUT2D eigenvalue weighted by molar-refractivity contribution is -0.137. The molecule has 0 aliphatic heterocycles. The zero-order chi connectivity index (χ0) is 18.7. The average Bonchev–Trinajstić information content (AvgIpc) is 2.57. The third-order valence-electron chi connectivity index (χ3n) is 3.16. The van der Waals surface area contributed by atoms with Crippen molar-refractivity contribution in [2.24, 2.45) is 0 Å². The van der Waals surface area contributed by atoms with Gasteiger partial charge < -0.3 is 24.6 Å². The molecule has 0 fully saturated rings. The van der Waals surface area contributed by atoms with Crippen molar-refractivity contribution in [2.45, 2.75) is 39.8 Å². The number of benzene rings is 1. The average molecular weight is 351 g/mol. The molecule has 1 atom stereocenters. The summed E-state index contributed by atoms with van der Waals surface area (Å²) < 4.78 is 16.1. The largest absolute Gasteiger partial charge is 0.490 e. The fourth-order valence-electron chi connectivity index (χ4n) is 1.99. The Morgan fingerprint density at radius 2 is 1.96 bits per heavy atom. The molecule has 0 radical (unpaired) electrons. The Labute approximate surface area is 149 Å². The van der Waals surface area contributed by atoms with E-state index in [0.717, 1.165) is 5.56 Å². The van der Waals surface area contributed by atoms with E-state index < -0.39 is 6.10 Å². The predicted molar refractivity (Wildman–Crippen MR) is 97.9 cm³/mol. The molecule has 1 aromatic carbocycles. The van der Waals surface area contributed by atoms with Crippen LogP contribution in [0, 0.1) is 0 Å². The Morgan fingerprint density at radius 3 is 2.60 bits per heavy atom. The number of nitrogens with one attached hydrogen (secondary N) is 1. The Balaban J connectivity index is 2.71. The summed E-state index contributed by atoms with van der Waals surface area (Å²) in [6, 6.07) is 5.66. The topological polar surface area (TPSA) is 77.0 Å². The molecule has 1 aromatic rings. The fourth-order valence-corrected chi connectivity index (χ4v) is 1.99. The monoisotopic (exact) mass is 351 g/mol. The van der Waals surface area contributed by atoms with Crippen molar-refractivity contribution in [1.29, 1.82) is 0 Å². The lowest BCUT2D eigenvalue weighted by Crippen LogP contribution is -2.35. The maximum Gasteiger partial charge on any atom is 0.330 e. The van der Waals surface area contributed by atoms with Crippen LogP contribution in [0.15, 0.2) is 24.3 Å². The smallest absolute Gasteiger partial charge is 0.330 e. The van der Waals surface area contributed by atoms with Gasteiger partial charge in [-0.05, 0) is 37.6 Å². The third-order valence-corrected chi connectivity index (χ3v) is 3.16. The number of hydrogen-bond acceptors (Lipinski definition) is 6. The van der Waals surface area contributed by atoms with Gasteiger partial charge in [0.15, 0.2) is 11.5 Å². The maximum atomic E-state index is 11.4. The van der Waals surface area contributed by atoms with E-state index in [4.69, 9.17) is 14.2 Å². The van der Waals surface area contributed by atoms with Gasteiger partial charge in [0.25, 0.3) is 0 Å². The van der Waals surface area contributed by atoms with E-state index in [1.807, 2.05) is 26.8 Å². The quantitative estimate of drug-likeness (QED) is 0.471. The first-order valence-corrected chi connectivity index (χ1v) is 8.62. The molecule has 0 aliphatic carbocycles. The molecule has 0 saturated heterocycles. The highest BCUT2D eigenvalue weighted by Gasteiger charge is 2.10. The van der Waals surface area contributed by atoms with Gasteiger partial charge in [-0.25, -0.2) is 4.79 Å². The molecule has 1 unspecified atom stereocenters. The number of rotatable bonds is 11. The standard InChI is InChI=1S/C19H29NO5/c1-5-23-18-11-15(8-10-19(22)24-6-2)7-9-17(18)25-13-16(21)12-20-14(3)4/h7-11,14,16,20-21H,5-6,12-13H2,1-4H3/b10-8+. The van der Waals surface area contributed by atoms with E-state index in [0.29, 0.717) is 37.3 Å². The molecule has 0 bridgehead atoms. The molecule has 0 heterocycles. The van der Waals surface area contributed by atoms with Crippen LogP contribution in [0.3, 0.4) is 0 Å². The number of ether oxygens (including phenoxy) is 3. The number of aliphatic hydroxyl groups excluding tert-OH is 1. The second kappa shape index (κ2) is 11.5. The van der Waals surface area contributed by atoms with Crippen LogP contribution in [0.4, 0.5) is 0 Å². The van der Waals surface area contributed by atoms with Crippen molar-refractivity contribution in [3.63, 3.8) is 0 Å². The minimum absolute atomic E-state index is 0.164. The molecule has 6 heteroatoms. The molecule has 0 aliphatic rings. The van der Waals surface area contributed by atoms with Gasteiger partial charge in [-0.15, -0.1) is 0 Å². The van der Waals surface area contributed by atoms with Gasteiger partial charge in [-0.2, -0.15) is 0 Å². The number of hydrogen-bond donors (Lipinski definition) is 2. The molecule has 0 saturated carbocycles. The van der Waals surface area contributed by atoms with Crippen LogP contribution in [-0.4, -0.2) is 49.6 Å². The molecule has 0 aromatic heterocycles. The normalized spacial score (nSPS) is 12.4. The zero-order valence-corrected chi connectivity index (χ0v) is 15.5. The van der Waals surface area contributed by atoms with E-state index in [1.165, 1.54) is 6.08 Å². The lowest BCUT2D eigenvalue weighted by Gasteiger charge is -2.17. The molecule has 0 spiro atoms. The van der Waals surface area contributed by atoms with Crippen LogP contribution in [0.25, 0.3) is 6.08 Å². The molecule has 25 heavy (non-hydrogen) atoms. The van der Waals surface area contributed by atoms with Gasteiger partial charge in [0.2, 0.25) is 0 Å². The first-order chi connectivity index (χ1) is 12.0. The highest BCUT2D eigenvalue weighted by atomic mass is 16.5. The Morgan fingerprint density at radius 1 is 1.20 bits per heavy atom. The number of aliphatic hydroxyl groups is 1. The molecular formula is C19H29NO5. The Bertz CT molecular complexity index is 557. The lowest BCUT2D eigenvalue weighted by atomic mass is 10.2. The summed E-state index contributed by atoms with van der Waals surface area (Å²) in [5.41, 5.74) is 0.797. The minimum atomic E-state index is -0.611. The van der Waals surface area contributed by atoms with E-state index in [1.54, 1.807) is 25.1 Å². The van der Waals surface area contributed by atoms with Gasteiger partial charge in [0.05, 0.1) is 13.2 Å². The fraction of sp³-hybridized carbons (Fsp3) is 0.526. The summed E-state index contributed by atoms with van der Waals surface area (Å²) in [5, 5.41) is 13.1. The van der Waals surface area contributed by atoms with Gasteiger partial charge in [0.1, 0.15) is 12.7 Å². The molecular weight excluding hydrogens is 322 g/mol. The molecule has 1 rings (SSSR count). The van der Waals surface area contributed by atoms with Gasteiger partial charge in [-0.1, -0.05) is 19.9 Å². The Kier molecular flexibility index (Phi) is 9.65. The van der Waals surface area contributed by atoms with Gasteiger partial charge in [0, 0.05) is 18.7 Å². The summed E-state index contributed by atoms with van der Waals surface area (Å²) >= 11 is 0. The minimum Gasteiger partial charge on any atom is -0.490 e. The van der Waals surface area contributed by atoms with Crippen LogP contribution in [0.2, 0.25) is 0 Å². The number of esters is 1. The predicted octanol–water partition coefficient (Wildman–Crippen LogP) is 2.40. The molecule has 0 amide bonds. The van der Waals surface area contributed by atoms with Crippen molar-refractivity contribution in [1.82, 2.24) is 5.32 Å². The second-order valence-corrected chi connectivity index (χ2v) is 5.75. The summed E-state index contributed by atoms with van der Waals surface area (Å²) in [4.78, 5) is 11.4. The van der Waals surface area contributed by atoms with Crippen LogP contribution < -0.4 is 14.8 Å². The number of carbonyl (C=O) groups is 1. The van der Waals surface area contributed by atoms with Crippen LogP contribution >= 0.6 is 0 Å². The van der Waals surface area contributed by atoms with Crippen LogP contribution in [-0.2, 0) is 9.53 Å². The van der Waals surface area contributed by atoms with Crippen LogP contribution in [0.5, 0.6) is 11.5 Å². The van der Waals surface area contributed by atoms with E-state index in [-0.39, 0.29) is 12.6 Å². The summed E-state index contributed by atoms with van der Waals surface area (Å²) in [5.74, 6) is 0.734. The maximum absolute atomic E-state index is 11.4. The summed E-state index contributed by atoms with van der Waals surface area (Å²) in [6.07, 6.45) is 2.42. The first kappa shape index (κ1) is 21.0. The van der Waals surface area contributed by atoms with Crippen molar-refractivity contribution < 1.29 is 24.1 Å². The SMILES string of the molecule is CCOC(=O)/C=C/c1ccc(OCC(O)CNC(C)C)c(OCC)c1. The van der Waals surface area contributed by atoms with E-state index in [2.05, 4.69) is 5.32 Å². The van der Waals surface area contributed by atoms with E-state index >= 15 is 0 Å². The summed E-state index contributed by atoms with van der Waals surface area (Å²) in [7, 11) is 0. The second-order valence-electron chi connectivity index (χ2n) is 5.75.